The Bertz CT molecular complexity index is 1230. The van der Waals surface area contributed by atoms with Crippen LogP contribution in [0.3, 0.4) is 0 Å². The largest absolute Gasteiger partial charge is 0.486 e. The van der Waals surface area contributed by atoms with E-state index in [4.69, 9.17) is 16.0 Å². The molecule has 1 saturated heterocycles. The molecule has 2 aliphatic rings. The predicted molar refractivity (Wildman–Crippen MR) is 139 cm³/mol. The van der Waals surface area contributed by atoms with Crippen LogP contribution in [0.15, 0.2) is 66.9 Å². The van der Waals surface area contributed by atoms with E-state index in [0.29, 0.717) is 36.8 Å². The topological polar surface area (TPSA) is 62.5 Å². The van der Waals surface area contributed by atoms with Crippen LogP contribution in [0, 0.1) is 6.57 Å². The molecule has 8 nitrogen and oxygen atoms in total. The van der Waals surface area contributed by atoms with Gasteiger partial charge in [0.25, 0.3) is 5.91 Å². The van der Waals surface area contributed by atoms with Crippen LogP contribution in [0.25, 0.3) is 4.85 Å². The lowest BCUT2D eigenvalue weighted by Gasteiger charge is -2.41. The average Bonchev–Trinajstić information content (AvgIpc) is 2.95. The van der Waals surface area contributed by atoms with E-state index in [-0.39, 0.29) is 11.9 Å². The van der Waals surface area contributed by atoms with E-state index >= 15 is 0 Å². The van der Waals surface area contributed by atoms with E-state index in [1.807, 2.05) is 30.3 Å². The first kappa shape index (κ1) is 23.6. The maximum absolute atomic E-state index is 13.5. The molecule has 0 aliphatic carbocycles. The van der Waals surface area contributed by atoms with Gasteiger partial charge in [-0.15, -0.1) is 0 Å². The van der Waals surface area contributed by atoms with E-state index in [2.05, 4.69) is 32.6 Å². The third kappa shape index (κ3) is 4.97. The van der Waals surface area contributed by atoms with Crippen molar-refractivity contribution in [1.82, 2.24) is 9.88 Å². The molecule has 0 unspecified atom stereocenters. The Labute approximate surface area is 211 Å². The Hall–Kier alpha value is -4.09. The highest BCUT2D eigenvalue weighted by atomic mass is 16.6. The van der Waals surface area contributed by atoms with Gasteiger partial charge in [0.15, 0.2) is 17.2 Å². The number of aromatic nitrogens is 1. The molecule has 1 amide bonds. The van der Waals surface area contributed by atoms with Crippen molar-refractivity contribution in [3.05, 3.63) is 83.8 Å². The second kappa shape index (κ2) is 10.7. The summed E-state index contributed by atoms with van der Waals surface area (Å²) < 4.78 is 11.7. The van der Waals surface area contributed by atoms with Gasteiger partial charge in [0.2, 0.25) is 0 Å². The second-order valence-corrected chi connectivity index (χ2v) is 8.94. The van der Waals surface area contributed by atoms with E-state index < -0.39 is 0 Å². The van der Waals surface area contributed by atoms with Gasteiger partial charge in [0.05, 0.1) is 12.3 Å². The Balaban J connectivity index is 1.28. The first-order valence-electron chi connectivity index (χ1n) is 12.2. The Kier molecular flexibility index (Phi) is 7.01. The van der Waals surface area contributed by atoms with Crippen molar-refractivity contribution in [3.63, 3.8) is 0 Å². The predicted octanol–water partition coefficient (Wildman–Crippen LogP) is 4.26. The Morgan fingerprint density at radius 2 is 1.81 bits per heavy atom. The molecule has 0 N–H and O–H groups in total. The lowest BCUT2D eigenvalue weighted by Crippen LogP contribution is -2.53. The molecule has 0 bridgehead atoms. The monoisotopic (exact) mass is 483 g/mol. The molecule has 3 aromatic rings. The standard InChI is InChI=1S/C28H29N5O3/c1-21(31-14-16-32(17-15-31)24-6-5-7-25-27(24)36-19-18-35-25)20-33(26-8-3-4-13-30-26)28(34)22-9-11-23(29-2)12-10-22/h3-13,21H,14-20H2,1H3/t21-/m1/s1. The van der Waals surface area contributed by atoms with Crippen LogP contribution in [0.5, 0.6) is 11.5 Å². The van der Waals surface area contributed by atoms with Gasteiger partial charge in [0, 0.05) is 50.5 Å². The first-order valence-corrected chi connectivity index (χ1v) is 12.2. The number of benzene rings is 2. The van der Waals surface area contributed by atoms with Gasteiger partial charge < -0.3 is 14.4 Å². The molecule has 0 spiro atoms. The quantitative estimate of drug-likeness (QED) is 0.488. The molecule has 36 heavy (non-hydrogen) atoms. The third-order valence-corrected chi connectivity index (χ3v) is 6.68. The van der Waals surface area contributed by atoms with Gasteiger partial charge in [0.1, 0.15) is 19.0 Å². The van der Waals surface area contributed by atoms with E-state index in [0.717, 1.165) is 43.4 Å². The van der Waals surface area contributed by atoms with Crippen LogP contribution < -0.4 is 19.3 Å². The summed E-state index contributed by atoms with van der Waals surface area (Å²) in [7, 11) is 0. The Morgan fingerprint density at radius 1 is 1.03 bits per heavy atom. The molecule has 184 valence electrons. The zero-order chi connectivity index (χ0) is 24.9. The van der Waals surface area contributed by atoms with E-state index in [9.17, 15) is 4.79 Å². The highest BCUT2D eigenvalue weighted by molar-refractivity contribution is 6.05. The highest BCUT2D eigenvalue weighted by Crippen LogP contribution is 2.39. The minimum Gasteiger partial charge on any atom is -0.486 e. The molecule has 2 aliphatic heterocycles. The van der Waals surface area contributed by atoms with Crippen LogP contribution in [-0.2, 0) is 0 Å². The molecule has 1 aromatic heterocycles. The summed E-state index contributed by atoms with van der Waals surface area (Å²) in [6, 6.07) is 18.6. The van der Waals surface area contributed by atoms with Gasteiger partial charge >= 0.3 is 0 Å². The lowest BCUT2D eigenvalue weighted by atomic mass is 10.1. The Morgan fingerprint density at radius 3 is 2.53 bits per heavy atom. The number of fused-ring (bicyclic) bond motifs is 1. The van der Waals surface area contributed by atoms with Crippen LogP contribution in [0.1, 0.15) is 17.3 Å². The minimum atomic E-state index is -0.122. The molecule has 0 radical (unpaired) electrons. The molecule has 8 heteroatoms. The number of ether oxygens (including phenoxy) is 2. The van der Waals surface area contributed by atoms with Crippen molar-refractivity contribution in [1.29, 1.82) is 0 Å². The number of hydrogen-bond donors (Lipinski definition) is 0. The highest BCUT2D eigenvalue weighted by Gasteiger charge is 2.28. The number of nitrogens with zero attached hydrogens (tertiary/aromatic N) is 5. The number of piperazine rings is 1. The molecule has 1 atom stereocenters. The summed E-state index contributed by atoms with van der Waals surface area (Å²) in [5.41, 5.74) is 2.13. The number of pyridine rings is 1. The number of anilines is 2. The number of hydrogen-bond acceptors (Lipinski definition) is 6. The maximum Gasteiger partial charge on any atom is 0.259 e. The number of amides is 1. The normalized spacial score (nSPS) is 16.2. The summed E-state index contributed by atoms with van der Waals surface area (Å²) in [6.07, 6.45) is 1.70. The van der Waals surface area contributed by atoms with Crippen LogP contribution in [0.4, 0.5) is 17.2 Å². The minimum absolute atomic E-state index is 0.122. The fraction of sp³-hybridized carbons (Fsp3) is 0.321. The van der Waals surface area contributed by atoms with Crippen LogP contribution in [0.2, 0.25) is 0 Å². The second-order valence-electron chi connectivity index (χ2n) is 8.94. The zero-order valence-corrected chi connectivity index (χ0v) is 20.3. The molecule has 3 heterocycles. The summed E-state index contributed by atoms with van der Waals surface area (Å²) >= 11 is 0. The fourth-order valence-corrected chi connectivity index (χ4v) is 4.72. The zero-order valence-electron chi connectivity index (χ0n) is 20.3. The molecular weight excluding hydrogens is 454 g/mol. The fourth-order valence-electron chi connectivity index (χ4n) is 4.72. The van der Waals surface area contributed by atoms with Crippen molar-refractivity contribution >= 4 is 23.1 Å². The van der Waals surface area contributed by atoms with Crippen molar-refractivity contribution in [2.24, 2.45) is 0 Å². The number of rotatable bonds is 6. The van der Waals surface area contributed by atoms with Gasteiger partial charge in [-0.25, -0.2) is 9.83 Å². The van der Waals surface area contributed by atoms with Crippen molar-refractivity contribution < 1.29 is 14.3 Å². The van der Waals surface area contributed by atoms with Gasteiger partial charge in [-0.1, -0.05) is 36.4 Å². The van der Waals surface area contributed by atoms with Crippen molar-refractivity contribution in [2.45, 2.75) is 13.0 Å². The molecule has 0 saturated carbocycles. The summed E-state index contributed by atoms with van der Waals surface area (Å²) in [5.74, 6) is 2.14. The molecule has 2 aromatic carbocycles. The number of carbonyl (C=O) groups excluding carboxylic acids is 1. The summed E-state index contributed by atoms with van der Waals surface area (Å²) in [4.78, 5) is 27.9. The van der Waals surface area contributed by atoms with Crippen molar-refractivity contribution in [3.8, 4) is 11.5 Å². The maximum atomic E-state index is 13.5. The van der Waals surface area contributed by atoms with Gasteiger partial charge in [-0.3, -0.25) is 14.6 Å². The van der Waals surface area contributed by atoms with Gasteiger partial charge in [-0.2, -0.15) is 0 Å². The van der Waals surface area contributed by atoms with E-state index in [1.54, 1.807) is 35.4 Å². The molecule has 1 fully saturated rings. The van der Waals surface area contributed by atoms with E-state index in [1.165, 1.54) is 0 Å². The average molecular weight is 484 g/mol. The number of carbonyl (C=O) groups is 1. The summed E-state index contributed by atoms with van der Waals surface area (Å²) in [5, 5.41) is 0. The van der Waals surface area contributed by atoms with Crippen LogP contribution >= 0.6 is 0 Å². The van der Waals surface area contributed by atoms with Crippen molar-refractivity contribution in [2.75, 3.05) is 55.7 Å². The molecule has 5 rings (SSSR count). The molecular formula is C28H29N5O3. The smallest absolute Gasteiger partial charge is 0.259 e. The first-order chi connectivity index (χ1) is 17.6. The SMILES string of the molecule is [C-]#[N+]c1ccc(C(=O)N(C[C@@H](C)N2CCN(c3cccc4c3OCCO4)CC2)c2ccccn2)cc1. The van der Waals surface area contributed by atoms with Crippen LogP contribution in [-0.4, -0.2) is 67.8 Å². The third-order valence-electron chi connectivity index (χ3n) is 6.68. The summed E-state index contributed by atoms with van der Waals surface area (Å²) in [6.45, 7) is 14.4. The number of para-hydroxylation sites is 1. The lowest BCUT2D eigenvalue weighted by molar-refractivity contribution is 0.0973. The van der Waals surface area contributed by atoms with Gasteiger partial charge in [-0.05, 0) is 31.2 Å².